The van der Waals surface area contributed by atoms with Gasteiger partial charge in [0.1, 0.15) is 17.3 Å². The van der Waals surface area contributed by atoms with E-state index in [0.717, 1.165) is 6.42 Å². The van der Waals surface area contributed by atoms with Crippen molar-refractivity contribution < 1.29 is 29.3 Å². The van der Waals surface area contributed by atoms with E-state index in [4.69, 9.17) is 9.47 Å². The number of amides is 1. The summed E-state index contributed by atoms with van der Waals surface area (Å²) in [7, 11) is 1.51. The van der Waals surface area contributed by atoms with Gasteiger partial charge in [-0.1, -0.05) is 19.1 Å². The topological polar surface area (TPSA) is 96.3 Å². The number of phenolic OH excluding ortho intramolecular Hbond substituents is 1. The van der Waals surface area contributed by atoms with Crippen LogP contribution in [0.2, 0.25) is 0 Å². The van der Waals surface area contributed by atoms with E-state index < -0.39 is 17.7 Å². The van der Waals surface area contributed by atoms with E-state index >= 15 is 0 Å². The van der Waals surface area contributed by atoms with E-state index in [0.29, 0.717) is 23.5 Å². The first-order valence-corrected chi connectivity index (χ1v) is 9.77. The van der Waals surface area contributed by atoms with Crippen molar-refractivity contribution in [2.24, 2.45) is 0 Å². The number of Topliss-reactive ketones (excluding diaryl/α,β-unsaturated/α-hetero) is 1. The first-order valence-electron chi connectivity index (χ1n) is 9.77. The maximum atomic E-state index is 12.8. The zero-order valence-corrected chi connectivity index (χ0v) is 17.0. The van der Waals surface area contributed by atoms with Gasteiger partial charge in [0.25, 0.3) is 11.7 Å². The van der Waals surface area contributed by atoms with Crippen molar-refractivity contribution in [2.45, 2.75) is 19.4 Å². The Morgan fingerprint density at radius 3 is 2.30 bits per heavy atom. The second kappa shape index (κ2) is 9.45. The van der Waals surface area contributed by atoms with Crippen molar-refractivity contribution in [3.63, 3.8) is 0 Å². The summed E-state index contributed by atoms with van der Waals surface area (Å²) in [5, 5.41) is 20.6. The number of aliphatic hydroxyl groups excluding tert-OH is 1. The number of hydrogen-bond donors (Lipinski definition) is 2. The number of rotatable bonds is 8. The van der Waals surface area contributed by atoms with Gasteiger partial charge in [-0.3, -0.25) is 9.59 Å². The second-order valence-corrected chi connectivity index (χ2v) is 6.95. The van der Waals surface area contributed by atoms with E-state index in [9.17, 15) is 19.8 Å². The van der Waals surface area contributed by atoms with Crippen LogP contribution in [-0.2, 0) is 14.3 Å². The summed E-state index contributed by atoms with van der Waals surface area (Å²) in [5.74, 6) is -0.991. The third-order valence-corrected chi connectivity index (χ3v) is 4.89. The lowest BCUT2D eigenvalue weighted by Crippen LogP contribution is -2.32. The summed E-state index contributed by atoms with van der Waals surface area (Å²) < 4.78 is 10.6. The number of hydrogen-bond acceptors (Lipinski definition) is 6. The van der Waals surface area contributed by atoms with E-state index in [1.165, 1.54) is 24.1 Å². The first kappa shape index (κ1) is 21.4. The van der Waals surface area contributed by atoms with Gasteiger partial charge in [-0.05, 0) is 48.4 Å². The van der Waals surface area contributed by atoms with Crippen LogP contribution in [0.5, 0.6) is 11.5 Å². The summed E-state index contributed by atoms with van der Waals surface area (Å²) >= 11 is 0. The maximum Gasteiger partial charge on any atom is 0.295 e. The van der Waals surface area contributed by atoms with E-state index in [1.54, 1.807) is 36.4 Å². The van der Waals surface area contributed by atoms with Gasteiger partial charge in [-0.2, -0.15) is 0 Å². The molecule has 0 radical (unpaired) electrons. The normalized spacial score (nSPS) is 18.1. The number of aromatic hydroxyl groups is 1. The highest BCUT2D eigenvalue weighted by atomic mass is 16.5. The van der Waals surface area contributed by atoms with Gasteiger partial charge in [0.05, 0.1) is 24.8 Å². The SMILES string of the molecule is CCCOc1ccc(C(O)=C2C(=O)C(=O)N(CCOC)[C@H]2c2ccc(O)cc2)cc1. The lowest BCUT2D eigenvalue weighted by Gasteiger charge is -2.25. The summed E-state index contributed by atoms with van der Waals surface area (Å²) in [6.45, 7) is 3.02. The molecule has 2 aromatic carbocycles. The molecule has 158 valence electrons. The molecule has 2 aromatic rings. The lowest BCUT2D eigenvalue weighted by molar-refractivity contribution is -0.140. The van der Waals surface area contributed by atoms with Crippen molar-refractivity contribution in [1.29, 1.82) is 0 Å². The number of likely N-dealkylation sites (tertiary alicyclic amines) is 1. The highest BCUT2D eigenvalue weighted by molar-refractivity contribution is 6.46. The molecule has 1 saturated heterocycles. The van der Waals surface area contributed by atoms with Crippen molar-refractivity contribution in [1.82, 2.24) is 4.90 Å². The molecule has 7 nitrogen and oxygen atoms in total. The van der Waals surface area contributed by atoms with Crippen molar-refractivity contribution in [2.75, 3.05) is 26.9 Å². The quantitative estimate of drug-likeness (QED) is 0.393. The van der Waals surface area contributed by atoms with Crippen LogP contribution in [0.1, 0.15) is 30.5 Å². The zero-order chi connectivity index (χ0) is 21.7. The van der Waals surface area contributed by atoms with Crippen molar-refractivity contribution >= 4 is 17.4 Å². The summed E-state index contributed by atoms with van der Waals surface area (Å²) in [4.78, 5) is 26.9. The minimum Gasteiger partial charge on any atom is -0.508 e. The zero-order valence-electron chi connectivity index (χ0n) is 17.0. The Labute approximate surface area is 175 Å². The average Bonchev–Trinajstić information content (AvgIpc) is 3.01. The van der Waals surface area contributed by atoms with E-state index in [-0.39, 0.29) is 30.2 Å². The smallest absolute Gasteiger partial charge is 0.295 e. The van der Waals surface area contributed by atoms with Gasteiger partial charge in [0.15, 0.2) is 0 Å². The van der Waals surface area contributed by atoms with Crippen LogP contribution in [-0.4, -0.2) is 53.7 Å². The predicted molar refractivity (Wildman–Crippen MR) is 111 cm³/mol. The molecule has 1 aliphatic heterocycles. The van der Waals surface area contributed by atoms with Crippen molar-refractivity contribution in [3.8, 4) is 11.5 Å². The Balaban J connectivity index is 2.04. The number of benzene rings is 2. The highest BCUT2D eigenvalue weighted by Crippen LogP contribution is 2.39. The van der Waals surface area contributed by atoms with Gasteiger partial charge >= 0.3 is 0 Å². The third kappa shape index (κ3) is 4.31. The van der Waals surface area contributed by atoms with Crippen LogP contribution >= 0.6 is 0 Å². The van der Waals surface area contributed by atoms with Crippen LogP contribution in [0, 0.1) is 0 Å². The number of ketones is 1. The highest BCUT2D eigenvalue weighted by Gasteiger charge is 2.45. The van der Waals surface area contributed by atoms with Crippen LogP contribution in [0.15, 0.2) is 54.1 Å². The summed E-state index contributed by atoms with van der Waals surface area (Å²) in [6.07, 6.45) is 0.874. The molecule has 1 fully saturated rings. The van der Waals surface area contributed by atoms with Gasteiger partial charge in [0, 0.05) is 19.2 Å². The molecule has 0 saturated carbocycles. The van der Waals surface area contributed by atoms with Crippen LogP contribution < -0.4 is 4.74 Å². The number of carbonyl (C=O) groups excluding carboxylic acids is 2. The minimum absolute atomic E-state index is 0.00372. The Bertz CT molecular complexity index is 933. The van der Waals surface area contributed by atoms with Gasteiger partial charge in [-0.15, -0.1) is 0 Å². The minimum atomic E-state index is -0.781. The molecular weight excluding hydrogens is 386 g/mol. The number of aliphatic hydroxyl groups is 1. The fourth-order valence-electron chi connectivity index (χ4n) is 3.39. The first-order chi connectivity index (χ1) is 14.5. The number of methoxy groups -OCH3 is 1. The van der Waals surface area contributed by atoms with E-state index in [2.05, 4.69) is 0 Å². The Morgan fingerprint density at radius 1 is 1.03 bits per heavy atom. The standard InChI is InChI=1S/C23H25NO6/c1-3-13-30-18-10-6-16(7-11-18)21(26)19-20(15-4-8-17(25)9-5-15)24(12-14-29-2)23(28)22(19)27/h4-11,20,25-26H,3,12-14H2,1-2H3/t20-/m0/s1. The predicted octanol–water partition coefficient (Wildman–Crippen LogP) is 3.25. The molecule has 7 heteroatoms. The second-order valence-electron chi connectivity index (χ2n) is 6.95. The largest absolute Gasteiger partial charge is 0.508 e. The molecule has 1 amide bonds. The van der Waals surface area contributed by atoms with Crippen molar-refractivity contribution in [3.05, 3.63) is 65.2 Å². The monoisotopic (exact) mass is 411 g/mol. The molecule has 0 aliphatic carbocycles. The fraction of sp³-hybridized carbons (Fsp3) is 0.304. The Morgan fingerprint density at radius 2 is 1.70 bits per heavy atom. The molecule has 0 spiro atoms. The summed E-state index contributed by atoms with van der Waals surface area (Å²) in [5.41, 5.74) is 1.02. The third-order valence-electron chi connectivity index (χ3n) is 4.89. The van der Waals surface area contributed by atoms with Crippen LogP contribution in [0.4, 0.5) is 0 Å². The molecule has 0 aromatic heterocycles. The summed E-state index contributed by atoms with van der Waals surface area (Å²) in [6, 6.07) is 12.1. The molecule has 3 rings (SSSR count). The molecule has 30 heavy (non-hydrogen) atoms. The molecule has 0 unspecified atom stereocenters. The molecule has 1 heterocycles. The molecule has 1 atom stereocenters. The molecular formula is C23H25NO6. The van der Waals surface area contributed by atoms with Crippen LogP contribution in [0.25, 0.3) is 5.76 Å². The number of phenols is 1. The van der Waals surface area contributed by atoms with E-state index in [1.807, 2.05) is 6.92 Å². The van der Waals surface area contributed by atoms with Gasteiger partial charge in [0.2, 0.25) is 0 Å². The van der Waals surface area contributed by atoms with Gasteiger partial charge in [-0.25, -0.2) is 0 Å². The number of carbonyl (C=O) groups is 2. The molecule has 2 N–H and O–H groups in total. The number of ether oxygens (including phenoxy) is 2. The van der Waals surface area contributed by atoms with Crippen LogP contribution in [0.3, 0.4) is 0 Å². The Hall–Kier alpha value is -3.32. The molecule has 1 aliphatic rings. The average molecular weight is 411 g/mol. The maximum absolute atomic E-state index is 12.8. The molecule has 0 bridgehead atoms. The fourth-order valence-corrected chi connectivity index (χ4v) is 3.39. The lowest BCUT2D eigenvalue weighted by atomic mass is 9.95. The Kier molecular flexibility index (Phi) is 6.74. The number of nitrogens with zero attached hydrogens (tertiary/aromatic N) is 1. The van der Waals surface area contributed by atoms with Gasteiger partial charge < -0.3 is 24.6 Å².